The number of nitrogens with zero attached hydrogens (tertiary/aromatic N) is 1. The van der Waals surface area contributed by atoms with Crippen LogP contribution in [-0.2, 0) is 0 Å². The Morgan fingerprint density at radius 2 is 2.62 bits per heavy atom. The molecule has 0 bridgehead atoms. The lowest BCUT2D eigenvalue weighted by molar-refractivity contribution is -0.421. The highest BCUT2D eigenvalue weighted by molar-refractivity contribution is 4.96. The van der Waals surface area contributed by atoms with Crippen LogP contribution in [-0.4, -0.2) is 5.16 Å². The molecular weight excluding hydrogens is 104 g/mol. The van der Waals surface area contributed by atoms with Gasteiger partial charge in [0.05, 0.1) is 0 Å². The van der Waals surface area contributed by atoms with Crippen molar-refractivity contribution in [1.82, 2.24) is 5.16 Å². The fourth-order valence-electron chi connectivity index (χ4n) is 0.476. The summed E-state index contributed by atoms with van der Waals surface area (Å²) in [5.74, 6) is 0. The number of quaternary nitrogens is 1. The Kier molecular flexibility index (Phi) is 1.30. The highest BCUT2D eigenvalue weighted by Crippen LogP contribution is 2.01. The topological polar surface area (TPSA) is 53.7 Å². The lowest BCUT2D eigenvalue weighted by atomic mass is 10.3. The molecule has 3 heteroatoms. The molecule has 44 valence electrons. The Labute approximate surface area is 47.5 Å². The zero-order chi connectivity index (χ0) is 5.98. The molecule has 1 unspecified atom stereocenters. The van der Waals surface area contributed by atoms with E-state index in [2.05, 4.69) is 15.4 Å². The van der Waals surface area contributed by atoms with Gasteiger partial charge in [-0.2, -0.15) is 0 Å². The van der Waals surface area contributed by atoms with Gasteiger partial charge in [-0.25, -0.2) is 0 Å². The van der Waals surface area contributed by atoms with E-state index in [-0.39, 0.29) is 6.04 Å². The summed E-state index contributed by atoms with van der Waals surface area (Å²) in [6.07, 6.45) is 1.55. The largest absolute Gasteiger partial charge is 0.364 e. The number of hydrogen-bond acceptors (Lipinski definition) is 2. The summed E-state index contributed by atoms with van der Waals surface area (Å²) in [4.78, 5) is 0. The van der Waals surface area contributed by atoms with E-state index < -0.39 is 0 Å². The first-order chi connectivity index (χ1) is 3.80. The summed E-state index contributed by atoms with van der Waals surface area (Å²) in [6.45, 7) is 1.97. The highest BCUT2D eigenvalue weighted by atomic mass is 16.5. The summed E-state index contributed by atoms with van der Waals surface area (Å²) < 4.78 is 4.59. The molecule has 0 saturated heterocycles. The third-order valence-corrected chi connectivity index (χ3v) is 0.963. The highest BCUT2D eigenvalue weighted by Gasteiger charge is 2.03. The molecule has 1 heterocycles. The van der Waals surface area contributed by atoms with Gasteiger partial charge in [-0.15, -0.1) is 0 Å². The molecule has 0 aliphatic heterocycles. The van der Waals surface area contributed by atoms with Crippen LogP contribution in [0.4, 0.5) is 0 Å². The SMILES string of the molecule is CC([NH3+])c1ccon1. The molecule has 0 fully saturated rings. The van der Waals surface area contributed by atoms with Crippen LogP contribution in [0.1, 0.15) is 18.7 Å². The molecule has 8 heavy (non-hydrogen) atoms. The van der Waals surface area contributed by atoms with Gasteiger partial charge >= 0.3 is 0 Å². The summed E-state index contributed by atoms with van der Waals surface area (Å²) in [6, 6.07) is 2.05. The van der Waals surface area contributed by atoms with Crippen molar-refractivity contribution >= 4 is 0 Å². The van der Waals surface area contributed by atoms with Crippen molar-refractivity contribution in [2.24, 2.45) is 0 Å². The summed E-state index contributed by atoms with van der Waals surface area (Å²) in [7, 11) is 0. The fraction of sp³-hybridized carbons (Fsp3) is 0.400. The predicted octanol–water partition coefficient (Wildman–Crippen LogP) is -0.0225. The maximum atomic E-state index is 4.59. The van der Waals surface area contributed by atoms with E-state index in [0.717, 1.165) is 5.69 Å². The van der Waals surface area contributed by atoms with Gasteiger partial charge in [0.1, 0.15) is 18.0 Å². The number of rotatable bonds is 1. The molecule has 1 rings (SSSR count). The Bertz CT molecular complexity index is 145. The van der Waals surface area contributed by atoms with Crippen LogP contribution < -0.4 is 5.73 Å². The smallest absolute Gasteiger partial charge is 0.140 e. The average Bonchev–Trinajstić information content (AvgIpc) is 2.12. The van der Waals surface area contributed by atoms with Gasteiger partial charge in [0.15, 0.2) is 0 Å². The molecule has 0 amide bonds. The molecule has 0 aliphatic rings. The van der Waals surface area contributed by atoms with Crippen molar-refractivity contribution in [2.75, 3.05) is 0 Å². The van der Waals surface area contributed by atoms with Crippen molar-refractivity contribution < 1.29 is 10.3 Å². The van der Waals surface area contributed by atoms with Crippen molar-refractivity contribution in [1.29, 1.82) is 0 Å². The third-order valence-electron chi connectivity index (χ3n) is 0.963. The molecular formula is C5H9N2O+. The lowest BCUT2D eigenvalue weighted by Crippen LogP contribution is -2.51. The van der Waals surface area contributed by atoms with Crippen LogP contribution in [0.5, 0.6) is 0 Å². The quantitative estimate of drug-likeness (QED) is 0.556. The first-order valence-electron chi connectivity index (χ1n) is 2.54. The molecule has 0 aromatic carbocycles. The standard InChI is InChI=1S/C5H8N2O/c1-4(6)5-2-3-8-7-5/h2-4H,6H2,1H3/p+1. The minimum Gasteiger partial charge on any atom is -0.364 e. The molecule has 3 N–H and O–H groups in total. The van der Waals surface area contributed by atoms with Gasteiger partial charge in [0.2, 0.25) is 0 Å². The minimum atomic E-state index is 0.230. The zero-order valence-electron chi connectivity index (χ0n) is 4.79. The molecule has 0 radical (unpaired) electrons. The van der Waals surface area contributed by atoms with Crippen LogP contribution in [0.25, 0.3) is 0 Å². The maximum absolute atomic E-state index is 4.59. The molecule has 1 aromatic heterocycles. The Hall–Kier alpha value is -0.830. The lowest BCUT2D eigenvalue weighted by Gasteiger charge is -1.89. The van der Waals surface area contributed by atoms with Crippen molar-refractivity contribution in [2.45, 2.75) is 13.0 Å². The number of aromatic nitrogens is 1. The molecule has 0 saturated carbocycles. The minimum absolute atomic E-state index is 0.230. The molecule has 3 nitrogen and oxygen atoms in total. The second kappa shape index (κ2) is 1.96. The van der Waals surface area contributed by atoms with E-state index in [1.807, 2.05) is 13.0 Å². The van der Waals surface area contributed by atoms with E-state index in [4.69, 9.17) is 0 Å². The fourth-order valence-corrected chi connectivity index (χ4v) is 0.476. The third kappa shape index (κ3) is 0.869. The Morgan fingerprint density at radius 1 is 1.88 bits per heavy atom. The second-order valence-electron chi connectivity index (χ2n) is 1.83. The van der Waals surface area contributed by atoms with Crippen LogP contribution >= 0.6 is 0 Å². The molecule has 1 atom stereocenters. The van der Waals surface area contributed by atoms with Crippen molar-refractivity contribution in [3.05, 3.63) is 18.0 Å². The number of hydrogen-bond donors (Lipinski definition) is 1. The van der Waals surface area contributed by atoms with Gasteiger partial charge in [0.25, 0.3) is 0 Å². The second-order valence-corrected chi connectivity index (χ2v) is 1.83. The molecule has 0 aliphatic carbocycles. The Balaban J connectivity index is 2.77. The Morgan fingerprint density at radius 3 is 2.88 bits per heavy atom. The first-order valence-corrected chi connectivity index (χ1v) is 2.54. The monoisotopic (exact) mass is 113 g/mol. The predicted molar refractivity (Wildman–Crippen MR) is 27.8 cm³/mol. The van der Waals surface area contributed by atoms with Gasteiger partial charge in [-0.3, -0.25) is 0 Å². The van der Waals surface area contributed by atoms with E-state index in [1.165, 1.54) is 0 Å². The maximum Gasteiger partial charge on any atom is 0.140 e. The van der Waals surface area contributed by atoms with Crippen LogP contribution in [0.3, 0.4) is 0 Å². The zero-order valence-corrected chi connectivity index (χ0v) is 4.79. The van der Waals surface area contributed by atoms with E-state index in [0.29, 0.717) is 0 Å². The normalized spacial score (nSPS) is 13.8. The van der Waals surface area contributed by atoms with Gasteiger partial charge in [-0.05, 0) is 6.92 Å². The van der Waals surface area contributed by atoms with E-state index in [1.54, 1.807) is 6.26 Å². The van der Waals surface area contributed by atoms with E-state index in [9.17, 15) is 0 Å². The van der Waals surface area contributed by atoms with Crippen LogP contribution in [0.15, 0.2) is 16.9 Å². The van der Waals surface area contributed by atoms with Crippen LogP contribution in [0, 0.1) is 0 Å². The van der Waals surface area contributed by atoms with E-state index >= 15 is 0 Å². The average molecular weight is 113 g/mol. The van der Waals surface area contributed by atoms with Crippen molar-refractivity contribution in [3.63, 3.8) is 0 Å². The molecule has 0 spiro atoms. The summed E-state index contributed by atoms with van der Waals surface area (Å²) in [5, 5.41) is 3.68. The van der Waals surface area contributed by atoms with Gasteiger partial charge in [-0.1, -0.05) is 5.16 Å². The van der Waals surface area contributed by atoms with Gasteiger partial charge in [0, 0.05) is 6.07 Å². The summed E-state index contributed by atoms with van der Waals surface area (Å²) in [5.41, 5.74) is 4.67. The molecule has 1 aromatic rings. The van der Waals surface area contributed by atoms with Gasteiger partial charge < -0.3 is 10.3 Å². The first kappa shape index (κ1) is 5.31. The summed E-state index contributed by atoms with van der Waals surface area (Å²) >= 11 is 0. The van der Waals surface area contributed by atoms with Crippen molar-refractivity contribution in [3.8, 4) is 0 Å². The van der Waals surface area contributed by atoms with Crippen LogP contribution in [0.2, 0.25) is 0 Å².